The van der Waals surface area contributed by atoms with Crippen LogP contribution in [0.15, 0.2) is 0 Å². The smallest absolute Gasteiger partial charge is 0.306 e. The molecule has 0 saturated heterocycles. The zero-order valence-electron chi connectivity index (χ0n) is 32.9. The summed E-state index contributed by atoms with van der Waals surface area (Å²) < 4.78 is 17.3. The Morgan fingerprint density at radius 1 is 0.520 bits per heavy atom. The molecule has 1 aliphatic carbocycles. The molecule has 0 radical (unpaired) electrons. The van der Waals surface area contributed by atoms with Crippen molar-refractivity contribution >= 4 is 5.97 Å². The molecule has 0 aromatic carbocycles. The maximum atomic E-state index is 12.7. The van der Waals surface area contributed by atoms with Crippen LogP contribution < -0.4 is 0 Å². The van der Waals surface area contributed by atoms with Gasteiger partial charge in [-0.3, -0.25) is 4.79 Å². The van der Waals surface area contributed by atoms with Gasteiger partial charge in [0, 0.05) is 13.0 Å². The van der Waals surface area contributed by atoms with Crippen LogP contribution in [0.4, 0.5) is 0 Å². The zero-order chi connectivity index (χ0) is 36.7. The highest BCUT2D eigenvalue weighted by Gasteiger charge is 2.49. The topological polar surface area (TPSA) is 126 Å². The summed E-state index contributed by atoms with van der Waals surface area (Å²) in [6, 6.07) is 0. The number of rotatable bonds is 36. The third kappa shape index (κ3) is 24.5. The number of esters is 1. The Kier molecular flexibility index (Phi) is 31.0. The lowest BCUT2D eigenvalue weighted by Gasteiger charge is -2.24. The van der Waals surface area contributed by atoms with Crippen LogP contribution in [0.3, 0.4) is 0 Å². The van der Waals surface area contributed by atoms with Crippen LogP contribution in [0, 0.1) is 5.92 Å². The van der Waals surface area contributed by atoms with Crippen LogP contribution in [0.2, 0.25) is 0 Å². The lowest BCUT2D eigenvalue weighted by Crippen LogP contribution is -2.39. The predicted molar refractivity (Wildman–Crippen MR) is 204 cm³/mol. The van der Waals surface area contributed by atoms with E-state index in [0.717, 1.165) is 25.7 Å². The highest BCUT2D eigenvalue weighted by atomic mass is 16.6. The second-order valence-electron chi connectivity index (χ2n) is 15.5. The van der Waals surface area contributed by atoms with Gasteiger partial charge in [0.25, 0.3) is 0 Å². The molecule has 1 aliphatic rings. The summed E-state index contributed by atoms with van der Waals surface area (Å²) in [6.07, 6.45) is 27.1. The van der Waals surface area contributed by atoms with Gasteiger partial charge in [0.2, 0.25) is 0 Å². The van der Waals surface area contributed by atoms with Gasteiger partial charge in [0.05, 0.1) is 13.2 Å². The number of unbranched alkanes of at least 4 members (excludes halogenated alkanes) is 23. The van der Waals surface area contributed by atoms with Crippen LogP contribution in [0.5, 0.6) is 0 Å². The Balaban J connectivity index is 2.25. The Morgan fingerprint density at radius 2 is 0.920 bits per heavy atom. The highest BCUT2D eigenvalue weighted by molar-refractivity contribution is 5.69. The molecule has 1 saturated carbocycles. The van der Waals surface area contributed by atoms with Crippen molar-refractivity contribution in [2.24, 2.45) is 5.92 Å². The first-order valence-corrected chi connectivity index (χ1v) is 21.4. The number of hydrogen-bond donors (Lipinski definition) is 4. The fraction of sp³-hybridized carbons (Fsp3) is 0.976. The Bertz CT molecular complexity index is 737. The van der Waals surface area contributed by atoms with Crippen molar-refractivity contribution in [3.63, 3.8) is 0 Å². The van der Waals surface area contributed by atoms with Crippen molar-refractivity contribution in [1.29, 1.82) is 0 Å². The predicted octanol–water partition coefficient (Wildman–Crippen LogP) is 9.36. The summed E-state index contributed by atoms with van der Waals surface area (Å²) in [5.74, 6) is 0.247. The number of carbonyl (C=O) groups is 1. The van der Waals surface area contributed by atoms with Crippen LogP contribution in [0.1, 0.15) is 201 Å². The van der Waals surface area contributed by atoms with Crippen LogP contribution in [-0.4, -0.2) is 82.8 Å². The number of carbonyl (C=O) groups excluding carboxylic acids is 1. The summed E-state index contributed by atoms with van der Waals surface area (Å²) in [5.41, 5.74) is 0. The van der Waals surface area contributed by atoms with Gasteiger partial charge < -0.3 is 34.6 Å². The van der Waals surface area contributed by atoms with Gasteiger partial charge in [-0.2, -0.15) is 0 Å². The molecule has 0 amide bonds. The van der Waals surface area contributed by atoms with Gasteiger partial charge >= 0.3 is 5.97 Å². The largest absolute Gasteiger partial charge is 0.457 e. The molecular formula is C42H82O8. The Labute approximate surface area is 307 Å². The Hall–Kier alpha value is -0.770. The minimum atomic E-state index is -1.49. The van der Waals surface area contributed by atoms with Crippen molar-refractivity contribution in [1.82, 2.24) is 0 Å². The van der Waals surface area contributed by atoms with Gasteiger partial charge in [-0.05, 0) is 18.8 Å². The molecular weight excluding hydrogens is 632 g/mol. The lowest BCUT2D eigenvalue weighted by molar-refractivity contribution is -0.163. The number of hydrogen-bond acceptors (Lipinski definition) is 8. The molecule has 8 heteroatoms. The van der Waals surface area contributed by atoms with E-state index < -0.39 is 36.6 Å². The third-order valence-corrected chi connectivity index (χ3v) is 10.6. The molecule has 1 rings (SSSR count). The normalized spacial score (nSPS) is 21.9. The van der Waals surface area contributed by atoms with E-state index in [1.54, 1.807) is 0 Å². The number of aliphatic hydroxyl groups excluding tert-OH is 4. The van der Waals surface area contributed by atoms with Gasteiger partial charge in [-0.1, -0.05) is 181 Å². The minimum Gasteiger partial charge on any atom is -0.457 e. The molecule has 0 aromatic rings. The quantitative estimate of drug-likeness (QED) is 0.0374. The fourth-order valence-corrected chi connectivity index (χ4v) is 7.04. The lowest BCUT2D eigenvalue weighted by atomic mass is 9.99. The van der Waals surface area contributed by atoms with Crippen LogP contribution in [-0.2, 0) is 19.0 Å². The van der Waals surface area contributed by atoms with E-state index in [-0.39, 0.29) is 19.2 Å². The molecule has 0 heterocycles. The Morgan fingerprint density at radius 3 is 1.36 bits per heavy atom. The van der Waals surface area contributed by atoms with Crippen molar-refractivity contribution in [3.8, 4) is 0 Å². The third-order valence-electron chi connectivity index (χ3n) is 10.6. The second kappa shape index (κ2) is 32.8. The van der Waals surface area contributed by atoms with E-state index in [9.17, 15) is 25.2 Å². The van der Waals surface area contributed by atoms with Crippen molar-refractivity contribution in [3.05, 3.63) is 0 Å². The average molecular weight is 715 g/mol. The minimum absolute atomic E-state index is 0.100. The molecule has 8 nitrogen and oxygen atoms in total. The molecule has 0 bridgehead atoms. The summed E-state index contributed by atoms with van der Waals surface area (Å²) in [6.45, 7) is 7.39. The second-order valence-corrected chi connectivity index (χ2v) is 15.5. The molecule has 298 valence electrons. The van der Waals surface area contributed by atoms with E-state index in [2.05, 4.69) is 20.8 Å². The summed E-state index contributed by atoms with van der Waals surface area (Å²) in [7, 11) is 0. The van der Waals surface area contributed by atoms with Crippen LogP contribution in [0.25, 0.3) is 0 Å². The van der Waals surface area contributed by atoms with Crippen LogP contribution >= 0.6 is 0 Å². The number of ether oxygens (including phenoxy) is 3. The van der Waals surface area contributed by atoms with E-state index in [4.69, 9.17) is 14.2 Å². The first-order chi connectivity index (χ1) is 24.3. The molecule has 1 fully saturated rings. The van der Waals surface area contributed by atoms with E-state index >= 15 is 0 Å². The van der Waals surface area contributed by atoms with Gasteiger partial charge in [-0.25, -0.2) is 0 Å². The maximum absolute atomic E-state index is 12.7. The average Bonchev–Trinajstić information content (AvgIpc) is 3.29. The summed E-state index contributed by atoms with van der Waals surface area (Å²) in [5, 5.41) is 40.2. The molecule has 0 aromatic heterocycles. The van der Waals surface area contributed by atoms with E-state index in [1.165, 1.54) is 148 Å². The van der Waals surface area contributed by atoms with Gasteiger partial charge in [0.15, 0.2) is 0 Å². The van der Waals surface area contributed by atoms with E-state index in [0.29, 0.717) is 18.9 Å². The first-order valence-electron chi connectivity index (χ1n) is 21.4. The molecule has 6 unspecified atom stereocenters. The maximum Gasteiger partial charge on any atom is 0.306 e. The number of aliphatic hydroxyl groups is 4. The zero-order valence-corrected chi connectivity index (χ0v) is 32.9. The molecule has 0 spiro atoms. The molecule has 4 N–H and O–H groups in total. The van der Waals surface area contributed by atoms with Gasteiger partial charge in [-0.15, -0.1) is 0 Å². The summed E-state index contributed by atoms with van der Waals surface area (Å²) >= 11 is 0. The van der Waals surface area contributed by atoms with Gasteiger partial charge in [0.1, 0.15) is 36.6 Å². The summed E-state index contributed by atoms with van der Waals surface area (Å²) in [4.78, 5) is 12.7. The standard InChI is InChI=1S/C42H82O8/c1-4-6-8-10-12-14-16-17-18-19-20-22-24-26-28-30-37(43)50-36(34-49-42-40(46)38(44)39(45)41(42)47)33-48-32-31-35(3)29-27-25-23-21-15-13-11-9-7-5-2/h35-36,38-42,44-47H,4-34H2,1-3H3. The fourth-order valence-electron chi connectivity index (χ4n) is 7.04. The van der Waals surface area contributed by atoms with E-state index in [1.807, 2.05) is 0 Å². The van der Waals surface area contributed by atoms with Crippen molar-refractivity contribution in [2.45, 2.75) is 237 Å². The first kappa shape index (κ1) is 47.3. The molecule has 50 heavy (non-hydrogen) atoms. The molecule has 0 aliphatic heterocycles. The van der Waals surface area contributed by atoms with Crippen molar-refractivity contribution < 1.29 is 39.4 Å². The molecule has 6 atom stereocenters. The SMILES string of the molecule is CCCCCCCCCCCCCCCCCC(=O)OC(COCCC(C)CCCCCCCCCCCC)COC1C(O)C(O)C(O)C1O. The van der Waals surface area contributed by atoms with Crippen molar-refractivity contribution in [2.75, 3.05) is 19.8 Å². The highest BCUT2D eigenvalue weighted by Crippen LogP contribution is 2.25. The monoisotopic (exact) mass is 715 g/mol.